The first-order chi connectivity index (χ1) is 13.9. The second kappa shape index (κ2) is 7.97. The van der Waals surface area contributed by atoms with Gasteiger partial charge in [0.05, 0.1) is 9.77 Å². The number of benzene rings is 1. The Labute approximate surface area is 173 Å². The van der Waals surface area contributed by atoms with E-state index in [9.17, 15) is 12.8 Å². The van der Waals surface area contributed by atoms with Crippen LogP contribution in [-0.4, -0.2) is 36.0 Å². The highest BCUT2D eigenvalue weighted by Crippen LogP contribution is 2.36. The third kappa shape index (κ3) is 3.99. The van der Waals surface area contributed by atoms with Crippen molar-refractivity contribution < 1.29 is 17.3 Å². The van der Waals surface area contributed by atoms with Gasteiger partial charge in [0.2, 0.25) is 15.8 Å². The van der Waals surface area contributed by atoms with Crippen molar-refractivity contribution in [2.45, 2.75) is 50.0 Å². The number of hydrogen-bond acceptors (Lipinski definition) is 6. The molecule has 0 radical (unpaired) electrons. The Bertz CT molecular complexity index is 1120. The van der Waals surface area contributed by atoms with Gasteiger partial charge in [0.15, 0.2) is 0 Å². The Morgan fingerprint density at radius 2 is 1.97 bits per heavy atom. The maximum absolute atomic E-state index is 13.4. The van der Waals surface area contributed by atoms with Crippen molar-refractivity contribution >= 4 is 21.4 Å². The van der Waals surface area contributed by atoms with Crippen LogP contribution in [0, 0.1) is 12.7 Å². The van der Waals surface area contributed by atoms with E-state index in [2.05, 4.69) is 10.1 Å². The van der Waals surface area contributed by atoms with Crippen molar-refractivity contribution in [3.8, 4) is 22.2 Å². The molecule has 154 valence electrons. The molecule has 1 saturated carbocycles. The molecular weight excluding hydrogens is 413 g/mol. The van der Waals surface area contributed by atoms with Crippen LogP contribution in [0.3, 0.4) is 0 Å². The van der Waals surface area contributed by atoms with Crippen molar-refractivity contribution in [3.05, 3.63) is 41.0 Å². The van der Waals surface area contributed by atoms with Gasteiger partial charge in [-0.3, -0.25) is 0 Å². The van der Waals surface area contributed by atoms with Crippen LogP contribution >= 0.6 is 11.3 Å². The van der Waals surface area contributed by atoms with Gasteiger partial charge in [0.25, 0.3) is 5.89 Å². The quantitative estimate of drug-likeness (QED) is 0.572. The fraction of sp³-hybridized carbons (Fsp3) is 0.400. The van der Waals surface area contributed by atoms with Crippen molar-refractivity contribution in [1.29, 1.82) is 0 Å². The van der Waals surface area contributed by atoms with Gasteiger partial charge in [0.1, 0.15) is 5.82 Å². The minimum atomic E-state index is -3.60. The molecule has 1 aromatic carbocycles. The summed E-state index contributed by atoms with van der Waals surface area (Å²) in [5, 5.41) is 3.91. The highest BCUT2D eigenvalue weighted by Gasteiger charge is 2.32. The van der Waals surface area contributed by atoms with Gasteiger partial charge in [-0.1, -0.05) is 36.6 Å². The van der Waals surface area contributed by atoms with Crippen molar-refractivity contribution in [2.24, 2.45) is 0 Å². The molecule has 1 aliphatic rings. The van der Waals surface area contributed by atoms with Gasteiger partial charge in [-0.25, -0.2) is 12.8 Å². The van der Waals surface area contributed by atoms with Crippen LogP contribution in [0.4, 0.5) is 4.39 Å². The summed E-state index contributed by atoms with van der Waals surface area (Å²) in [4.78, 5) is 5.85. The minimum Gasteiger partial charge on any atom is -0.333 e. The molecule has 1 aliphatic carbocycles. The smallest absolute Gasteiger partial charge is 0.268 e. The van der Waals surface area contributed by atoms with Gasteiger partial charge in [-0.05, 0) is 38.0 Å². The van der Waals surface area contributed by atoms with Crippen molar-refractivity contribution in [3.63, 3.8) is 0 Å². The van der Waals surface area contributed by atoms with E-state index in [0.29, 0.717) is 15.3 Å². The van der Waals surface area contributed by atoms with Crippen LogP contribution in [0.2, 0.25) is 0 Å². The molecule has 0 bridgehead atoms. The largest absolute Gasteiger partial charge is 0.333 e. The average Bonchev–Trinajstić information content (AvgIpc) is 3.35. The first kappa shape index (κ1) is 20.2. The fourth-order valence-corrected chi connectivity index (χ4v) is 6.59. The average molecular weight is 436 g/mol. The molecular formula is C20H22FN3O3S2. The number of hydrogen-bond donors (Lipinski definition) is 0. The lowest BCUT2D eigenvalue weighted by Gasteiger charge is -2.30. The highest BCUT2D eigenvalue weighted by atomic mass is 32.2. The summed E-state index contributed by atoms with van der Waals surface area (Å²) in [5.74, 6) is 0.0911. The summed E-state index contributed by atoms with van der Waals surface area (Å²) >= 11 is 1.29. The lowest BCUT2D eigenvalue weighted by atomic mass is 9.96. The van der Waals surface area contributed by atoms with E-state index in [0.717, 1.165) is 32.1 Å². The SMILES string of the molecule is Cc1sc(-c2nc(-c3cccc(F)c3)no2)cc1S(=O)(=O)N(C)C1CCCCC1. The predicted octanol–water partition coefficient (Wildman–Crippen LogP) is 4.87. The zero-order chi connectivity index (χ0) is 20.6. The zero-order valence-corrected chi connectivity index (χ0v) is 17.9. The first-order valence-corrected chi connectivity index (χ1v) is 11.8. The van der Waals surface area contributed by atoms with Gasteiger partial charge >= 0.3 is 0 Å². The Balaban J connectivity index is 1.63. The number of halogens is 1. The third-order valence-electron chi connectivity index (χ3n) is 5.34. The van der Waals surface area contributed by atoms with E-state index in [4.69, 9.17) is 4.52 Å². The van der Waals surface area contributed by atoms with Crippen LogP contribution in [0.1, 0.15) is 37.0 Å². The molecule has 9 heteroatoms. The number of aromatic nitrogens is 2. The van der Waals surface area contributed by atoms with E-state index < -0.39 is 10.0 Å². The van der Waals surface area contributed by atoms with Crippen molar-refractivity contribution in [1.82, 2.24) is 14.4 Å². The molecule has 0 amide bonds. The normalized spacial score (nSPS) is 15.9. The lowest BCUT2D eigenvalue weighted by Crippen LogP contribution is -2.38. The number of sulfonamides is 1. The molecule has 0 N–H and O–H groups in total. The van der Waals surface area contributed by atoms with Crippen LogP contribution in [0.5, 0.6) is 0 Å². The Hall–Kier alpha value is -2.10. The summed E-state index contributed by atoms with van der Waals surface area (Å²) in [7, 11) is -1.94. The van der Waals surface area contributed by atoms with E-state index in [-0.39, 0.29) is 28.5 Å². The molecule has 6 nitrogen and oxygen atoms in total. The molecule has 1 fully saturated rings. The number of thiophene rings is 1. The molecule has 2 heterocycles. The number of rotatable bonds is 5. The summed E-state index contributed by atoms with van der Waals surface area (Å²) < 4.78 is 46.6. The Kier molecular flexibility index (Phi) is 5.54. The van der Waals surface area contributed by atoms with Gasteiger partial charge in [0, 0.05) is 23.5 Å². The minimum absolute atomic E-state index is 0.0412. The lowest BCUT2D eigenvalue weighted by molar-refractivity contribution is 0.286. The summed E-state index contributed by atoms with van der Waals surface area (Å²) in [6.45, 7) is 1.78. The monoisotopic (exact) mass is 435 g/mol. The summed E-state index contributed by atoms with van der Waals surface area (Å²) in [6, 6.07) is 7.56. The maximum atomic E-state index is 13.4. The molecule has 0 saturated heterocycles. The molecule has 0 atom stereocenters. The zero-order valence-electron chi connectivity index (χ0n) is 16.3. The van der Waals surface area contributed by atoms with Gasteiger partial charge < -0.3 is 4.52 Å². The number of nitrogens with zero attached hydrogens (tertiary/aromatic N) is 3. The molecule has 4 rings (SSSR count). The van der Waals surface area contributed by atoms with E-state index >= 15 is 0 Å². The van der Waals surface area contributed by atoms with E-state index in [1.165, 1.54) is 27.8 Å². The predicted molar refractivity (Wildman–Crippen MR) is 110 cm³/mol. The van der Waals surface area contributed by atoms with Crippen LogP contribution in [0.15, 0.2) is 39.8 Å². The topological polar surface area (TPSA) is 76.3 Å². The standard InChI is InChI=1S/C20H22FN3O3S2/c1-13-18(29(25,26)24(2)16-9-4-3-5-10-16)12-17(28-13)20-22-19(23-27-20)14-7-6-8-15(21)11-14/h6-8,11-12,16H,3-5,9-10H2,1-2H3. The summed E-state index contributed by atoms with van der Waals surface area (Å²) in [6.07, 6.45) is 5.07. The highest BCUT2D eigenvalue weighted by molar-refractivity contribution is 7.89. The van der Waals surface area contributed by atoms with Crippen LogP contribution in [-0.2, 0) is 10.0 Å². The molecule has 29 heavy (non-hydrogen) atoms. The van der Waals surface area contributed by atoms with E-state index in [1.807, 2.05) is 0 Å². The molecule has 2 aromatic heterocycles. The maximum Gasteiger partial charge on any atom is 0.268 e. The first-order valence-electron chi connectivity index (χ1n) is 9.55. The number of aryl methyl sites for hydroxylation is 1. The van der Waals surface area contributed by atoms with E-state index in [1.54, 1.807) is 32.2 Å². The van der Waals surface area contributed by atoms with Crippen molar-refractivity contribution in [2.75, 3.05) is 7.05 Å². The fourth-order valence-electron chi connectivity index (χ4n) is 3.69. The van der Waals surface area contributed by atoms with Gasteiger partial charge in [-0.2, -0.15) is 9.29 Å². The Morgan fingerprint density at radius 3 is 2.69 bits per heavy atom. The molecule has 0 spiro atoms. The van der Waals surface area contributed by atoms with Gasteiger partial charge in [-0.15, -0.1) is 11.3 Å². The second-order valence-electron chi connectivity index (χ2n) is 7.28. The third-order valence-corrected chi connectivity index (χ3v) is 8.54. The molecule has 0 aliphatic heterocycles. The molecule has 0 unspecified atom stereocenters. The van der Waals surface area contributed by atoms with Crippen LogP contribution in [0.25, 0.3) is 22.2 Å². The Morgan fingerprint density at radius 1 is 1.21 bits per heavy atom. The summed E-state index contributed by atoms with van der Waals surface area (Å²) in [5.41, 5.74) is 0.498. The second-order valence-corrected chi connectivity index (χ2v) is 10.5. The van der Waals surface area contributed by atoms with Crippen LogP contribution < -0.4 is 0 Å². The molecule has 3 aromatic rings.